The first-order valence-electron chi connectivity index (χ1n) is 9.98. The van der Waals surface area contributed by atoms with Gasteiger partial charge in [0, 0.05) is 37.6 Å². The number of rotatable bonds is 4. The molecule has 5 nitrogen and oxygen atoms in total. The smallest absolute Gasteiger partial charge is 0.240 e. The number of carbonyl (C=O) groups is 2. The number of carbonyl (C=O) groups excluding carboxylic acids is 2. The van der Waals surface area contributed by atoms with Crippen LogP contribution in [0.2, 0.25) is 0 Å². The van der Waals surface area contributed by atoms with E-state index in [1.54, 1.807) is 0 Å². The summed E-state index contributed by atoms with van der Waals surface area (Å²) in [7, 11) is 0. The summed E-state index contributed by atoms with van der Waals surface area (Å²) in [5.41, 5.74) is 3.30. The number of hydrogen-bond acceptors (Lipinski definition) is 3. The predicted octanol–water partition coefficient (Wildman–Crippen LogP) is 3.37. The SMILES string of the molecule is Cc1cccc(NC(=O)C2(C(=O)N3CCN(c4ccccc4)CC3)CC2)c1C. The Balaban J connectivity index is 1.40. The van der Waals surface area contributed by atoms with Gasteiger partial charge in [-0.3, -0.25) is 9.59 Å². The fourth-order valence-electron chi connectivity index (χ4n) is 3.90. The molecule has 0 atom stereocenters. The minimum absolute atomic E-state index is 0.0111. The van der Waals surface area contributed by atoms with Gasteiger partial charge < -0.3 is 15.1 Å². The molecule has 2 aromatic rings. The lowest BCUT2D eigenvalue weighted by Crippen LogP contribution is -2.52. The second-order valence-corrected chi connectivity index (χ2v) is 7.90. The van der Waals surface area contributed by atoms with Crippen LogP contribution in [0.5, 0.6) is 0 Å². The van der Waals surface area contributed by atoms with Crippen molar-refractivity contribution in [1.29, 1.82) is 0 Å². The minimum atomic E-state index is -0.870. The van der Waals surface area contributed by atoms with Gasteiger partial charge in [-0.05, 0) is 56.0 Å². The number of aryl methyl sites for hydroxylation is 1. The van der Waals surface area contributed by atoms with E-state index in [0.717, 1.165) is 29.9 Å². The highest BCUT2D eigenvalue weighted by atomic mass is 16.2. The zero-order valence-electron chi connectivity index (χ0n) is 16.6. The maximum Gasteiger partial charge on any atom is 0.240 e. The van der Waals surface area contributed by atoms with E-state index >= 15 is 0 Å². The Morgan fingerprint density at radius 2 is 1.57 bits per heavy atom. The molecule has 0 spiro atoms. The molecule has 0 bridgehead atoms. The largest absolute Gasteiger partial charge is 0.368 e. The summed E-state index contributed by atoms with van der Waals surface area (Å²) in [6.45, 7) is 6.93. The minimum Gasteiger partial charge on any atom is -0.368 e. The molecular weight excluding hydrogens is 350 g/mol. The third-order valence-electron chi connectivity index (χ3n) is 6.14. The van der Waals surface area contributed by atoms with Crippen molar-refractivity contribution in [3.63, 3.8) is 0 Å². The van der Waals surface area contributed by atoms with Crippen LogP contribution in [0, 0.1) is 19.3 Å². The van der Waals surface area contributed by atoms with Gasteiger partial charge in [-0.1, -0.05) is 30.3 Å². The molecular formula is C23H27N3O2. The molecule has 1 saturated heterocycles. The third kappa shape index (κ3) is 3.37. The van der Waals surface area contributed by atoms with Crippen molar-refractivity contribution in [1.82, 2.24) is 4.90 Å². The molecule has 2 amide bonds. The predicted molar refractivity (Wildman–Crippen MR) is 111 cm³/mol. The normalized spacial score (nSPS) is 17.9. The lowest BCUT2D eigenvalue weighted by atomic mass is 10.0. The molecule has 1 saturated carbocycles. The average molecular weight is 377 g/mol. The van der Waals surface area contributed by atoms with Gasteiger partial charge in [0.15, 0.2) is 0 Å². The average Bonchev–Trinajstić information content (AvgIpc) is 3.54. The number of piperazine rings is 1. The van der Waals surface area contributed by atoms with Gasteiger partial charge in [-0.25, -0.2) is 0 Å². The van der Waals surface area contributed by atoms with E-state index in [1.165, 1.54) is 5.69 Å². The third-order valence-corrected chi connectivity index (χ3v) is 6.14. The van der Waals surface area contributed by atoms with E-state index in [-0.39, 0.29) is 11.8 Å². The van der Waals surface area contributed by atoms with Crippen LogP contribution in [0.1, 0.15) is 24.0 Å². The van der Waals surface area contributed by atoms with E-state index in [1.807, 2.05) is 55.1 Å². The van der Waals surface area contributed by atoms with E-state index in [0.29, 0.717) is 25.9 Å². The highest BCUT2D eigenvalue weighted by Gasteiger charge is 2.58. The number of nitrogens with one attached hydrogen (secondary N) is 1. The quantitative estimate of drug-likeness (QED) is 0.831. The second kappa shape index (κ2) is 7.30. The molecule has 2 aromatic carbocycles. The standard InChI is InChI=1S/C23H27N3O2/c1-17-7-6-10-20(18(17)2)24-21(27)23(11-12-23)22(28)26-15-13-25(14-16-26)19-8-4-3-5-9-19/h3-10H,11-16H2,1-2H3,(H,24,27). The molecule has 5 heteroatoms. The Bertz CT molecular complexity index is 882. The molecule has 1 aliphatic heterocycles. The number of amides is 2. The molecule has 2 aliphatic rings. The number of hydrogen-bond donors (Lipinski definition) is 1. The van der Waals surface area contributed by atoms with Gasteiger partial charge in [0.05, 0.1) is 0 Å². The Hall–Kier alpha value is -2.82. The lowest BCUT2D eigenvalue weighted by Gasteiger charge is -2.37. The molecule has 2 fully saturated rings. The summed E-state index contributed by atoms with van der Waals surface area (Å²) in [4.78, 5) is 30.3. The van der Waals surface area contributed by atoms with Crippen molar-refractivity contribution in [3.05, 3.63) is 59.7 Å². The van der Waals surface area contributed by atoms with Gasteiger partial charge in [-0.15, -0.1) is 0 Å². The van der Waals surface area contributed by atoms with Crippen molar-refractivity contribution >= 4 is 23.2 Å². The summed E-state index contributed by atoms with van der Waals surface area (Å²) in [6.07, 6.45) is 1.28. The van der Waals surface area contributed by atoms with Gasteiger partial charge >= 0.3 is 0 Å². The molecule has 0 unspecified atom stereocenters. The maximum atomic E-state index is 13.2. The summed E-state index contributed by atoms with van der Waals surface area (Å²) in [5, 5.41) is 3.01. The topological polar surface area (TPSA) is 52.7 Å². The summed E-state index contributed by atoms with van der Waals surface area (Å²) in [6, 6.07) is 16.1. The highest BCUT2D eigenvalue weighted by molar-refractivity contribution is 6.13. The molecule has 1 aliphatic carbocycles. The molecule has 1 heterocycles. The van der Waals surface area contributed by atoms with Crippen molar-refractivity contribution < 1.29 is 9.59 Å². The van der Waals surface area contributed by atoms with Gasteiger partial charge in [0.25, 0.3) is 0 Å². The number of anilines is 2. The van der Waals surface area contributed by atoms with Crippen molar-refractivity contribution in [2.24, 2.45) is 5.41 Å². The second-order valence-electron chi connectivity index (χ2n) is 7.90. The first kappa shape index (κ1) is 18.5. The zero-order chi connectivity index (χ0) is 19.7. The number of benzene rings is 2. The highest BCUT2D eigenvalue weighted by Crippen LogP contribution is 2.48. The van der Waals surface area contributed by atoms with Crippen LogP contribution < -0.4 is 10.2 Å². The fourth-order valence-corrected chi connectivity index (χ4v) is 3.90. The van der Waals surface area contributed by atoms with Crippen molar-refractivity contribution in [2.45, 2.75) is 26.7 Å². The van der Waals surface area contributed by atoms with E-state index < -0.39 is 5.41 Å². The monoisotopic (exact) mass is 377 g/mol. The molecule has 0 radical (unpaired) electrons. The Labute approximate surface area is 166 Å². The first-order valence-corrected chi connectivity index (χ1v) is 9.98. The van der Waals surface area contributed by atoms with Crippen LogP contribution in [0.4, 0.5) is 11.4 Å². The lowest BCUT2D eigenvalue weighted by molar-refractivity contribution is -0.142. The zero-order valence-corrected chi connectivity index (χ0v) is 16.6. The van der Waals surface area contributed by atoms with Crippen molar-refractivity contribution in [3.8, 4) is 0 Å². The van der Waals surface area contributed by atoms with E-state index in [4.69, 9.17) is 0 Å². The number of nitrogens with zero attached hydrogens (tertiary/aromatic N) is 2. The molecule has 28 heavy (non-hydrogen) atoms. The molecule has 0 aromatic heterocycles. The van der Waals surface area contributed by atoms with Crippen molar-refractivity contribution in [2.75, 3.05) is 36.4 Å². The van der Waals surface area contributed by atoms with Crippen LogP contribution in [-0.4, -0.2) is 42.9 Å². The Morgan fingerprint density at radius 1 is 0.893 bits per heavy atom. The van der Waals surface area contributed by atoms with Gasteiger partial charge in [-0.2, -0.15) is 0 Å². The Kier molecular flexibility index (Phi) is 4.84. The van der Waals surface area contributed by atoms with Crippen LogP contribution in [0.3, 0.4) is 0 Å². The summed E-state index contributed by atoms with van der Waals surface area (Å²) >= 11 is 0. The van der Waals surface area contributed by atoms with Crippen LogP contribution in [0.15, 0.2) is 48.5 Å². The maximum absolute atomic E-state index is 13.2. The molecule has 4 rings (SSSR count). The first-order chi connectivity index (χ1) is 13.5. The summed E-state index contributed by atoms with van der Waals surface area (Å²) in [5.74, 6) is -0.167. The van der Waals surface area contributed by atoms with Gasteiger partial charge in [0.2, 0.25) is 11.8 Å². The van der Waals surface area contributed by atoms with Crippen LogP contribution >= 0.6 is 0 Å². The Morgan fingerprint density at radius 3 is 2.21 bits per heavy atom. The van der Waals surface area contributed by atoms with Gasteiger partial charge in [0.1, 0.15) is 5.41 Å². The summed E-state index contributed by atoms with van der Waals surface area (Å²) < 4.78 is 0. The van der Waals surface area contributed by atoms with Crippen LogP contribution in [0.25, 0.3) is 0 Å². The van der Waals surface area contributed by atoms with E-state index in [2.05, 4.69) is 22.3 Å². The number of para-hydroxylation sites is 1. The molecule has 146 valence electrons. The van der Waals surface area contributed by atoms with E-state index in [9.17, 15) is 9.59 Å². The van der Waals surface area contributed by atoms with Crippen LogP contribution in [-0.2, 0) is 9.59 Å². The fraction of sp³-hybridized carbons (Fsp3) is 0.391. The molecule has 1 N–H and O–H groups in total.